The van der Waals surface area contributed by atoms with E-state index in [1.54, 1.807) is 12.1 Å². The minimum Gasteiger partial charge on any atom is -0.324 e. The van der Waals surface area contributed by atoms with Gasteiger partial charge in [0.2, 0.25) is 0 Å². The molecule has 0 heterocycles. The molecule has 1 unspecified atom stereocenters. The van der Waals surface area contributed by atoms with Crippen LogP contribution in [-0.4, -0.2) is 4.92 Å². The van der Waals surface area contributed by atoms with Gasteiger partial charge >= 0.3 is 0 Å². The van der Waals surface area contributed by atoms with Crippen LogP contribution in [0.15, 0.2) is 51.4 Å². The summed E-state index contributed by atoms with van der Waals surface area (Å²) in [4.78, 5) is 10.2. The second kappa shape index (κ2) is 6.47. The van der Waals surface area contributed by atoms with Gasteiger partial charge in [-0.2, -0.15) is 0 Å². The van der Waals surface area contributed by atoms with Crippen molar-refractivity contribution in [3.05, 3.63) is 72.7 Å². The first-order valence-corrected chi connectivity index (χ1v) is 7.50. The average molecular weight is 400 g/mol. The van der Waals surface area contributed by atoms with Crippen molar-refractivity contribution in [2.45, 2.75) is 12.5 Å². The Bertz CT molecular complexity index is 630. The van der Waals surface area contributed by atoms with Crippen molar-refractivity contribution in [2.24, 2.45) is 5.73 Å². The van der Waals surface area contributed by atoms with E-state index in [2.05, 4.69) is 31.9 Å². The number of hydrogen-bond acceptors (Lipinski definition) is 3. The first-order valence-electron chi connectivity index (χ1n) is 5.91. The molecule has 2 aromatic carbocycles. The van der Waals surface area contributed by atoms with Crippen LogP contribution in [-0.2, 0) is 6.42 Å². The van der Waals surface area contributed by atoms with Crippen molar-refractivity contribution in [1.82, 2.24) is 0 Å². The lowest BCUT2D eigenvalue weighted by molar-refractivity contribution is -0.384. The van der Waals surface area contributed by atoms with Gasteiger partial charge in [-0.15, -0.1) is 0 Å². The van der Waals surface area contributed by atoms with Gasteiger partial charge in [-0.05, 0) is 29.7 Å². The molecule has 6 heteroatoms. The number of nitrogens with two attached hydrogens (primary N) is 1. The molecule has 0 bridgehead atoms. The van der Waals surface area contributed by atoms with E-state index in [4.69, 9.17) is 5.73 Å². The second-order valence-electron chi connectivity index (χ2n) is 4.40. The Labute approximate surface area is 133 Å². The zero-order chi connectivity index (χ0) is 14.7. The Morgan fingerprint density at radius 2 is 1.80 bits per heavy atom. The standard InChI is InChI=1S/C14H12Br2N2O2/c15-10-3-6-12(13(16)8-10)14(17)7-9-1-4-11(5-2-9)18(19)20/h1-6,8,14H,7,17H2. The Kier molecular flexibility index (Phi) is 4.91. The quantitative estimate of drug-likeness (QED) is 0.613. The summed E-state index contributed by atoms with van der Waals surface area (Å²) in [7, 11) is 0. The lowest BCUT2D eigenvalue weighted by Crippen LogP contribution is -2.14. The molecule has 0 aromatic heterocycles. The molecule has 0 aliphatic carbocycles. The number of nitro benzene ring substituents is 1. The van der Waals surface area contributed by atoms with Crippen LogP contribution in [0.1, 0.15) is 17.2 Å². The second-order valence-corrected chi connectivity index (χ2v) is 6.17. The van der Waals surface area contributed by atoms with Crippen LogP contribution in [0.5, 0.6) is 0 Å². The fourth-order valence-corrected chi connectivity index (χ4v) is 3.26. The Hall–Kier alpha value is -1.24. The van der Waals surface area contributed by atoms with Gasteiger partial charge in [-0.1, -0.05) is 50.1 Å². The maximum Gasteiger partial charge on any atom is 0.269 e. The minimum atomic E-state index is -0.408. The number of non-ortho nitro benzene ring substituents is 1. The van der Waals surface area contributed by atoms with Gasteiger partial charge in [0, 0.05) is 27.1 Å². The van der Waals surface area contributed by atoms with Crippen molar-refractivity contribution >= 4 is 37.5 Å². The highest BCUT2D eigenvalue weighted by molar-refractivity contribution is 9.11. The van der Waals surface area contributed by atoms with E-state index < -0.39 is 4.92 Å². The van der Waals surface area contributed by atoms with Crippen LogP contribution in [0.25, 0.3) is 0 Å². The highest BCUT2D eigenvalue weighted by Crippen LogP contribution is 2.28. The van der Waals surface area contributed by atoms with Gasteiger partial charge in [0.1, 0.15) is 0 Å². The predicted octanol–water partition coefficient (Wildman–Crippen LogP) is 4.36. The molecule has 0 saturated carbocycles. The van der Waals surface area contributed by atoms with Crippen LogP contribution in [0.2, 0.25) is 0 Å². The fraction of sp³-hybridized carbons (Fsp3) is 0.143. The number of nitrogens with zero attached hydrogens (tertiary/aromatic N) is 1. The first-order chi connectivity index (χ1) is 9.47. The molecule has 2 rings (SSSR count). The van der Waals surface area contributed by atoms with E-state index >= 15 is 0 Å². The third kappa shape index (κ3) is 3.65. The molecule has 0 amide bonds. The zero-order valence-corrected chi connectivity index (χ0v) is 13.6. The zero-order valence-electron chi connectivity index (χ0n) is 10.4. The number of benzene rings is 2. The van der Waals surface area contributed by atoms with Gasteiger partial charge < -0.3 is 5.73 Å². The molecule has 2 N–H and O–H groups in total. The average Bonchev–Trinajstić information content (AvgIpc) is 2.39. The van der Waals surface area contributed by atoms with Crippen LogP contribution in [0.3, 0.4) is 0 Å². The molecular weight excluding hydrogens is 388 g/mol. The van der Waals surface area contributed by atoms with Crippen LogP contribution in [0.4, 0.5) is 5.69 Å². The van der Waals surface area contributed by atoms with Gasteiger partial charge in [-0.3, -0.25) is 10.1 Å². The number of halogens is 2. The molecule has 0 spiro atoms. The van der Waals surface area contributed by atoms with E-state index in [0.717, 1.165) is 20.1 Å². The maximum absolute atomic E-state index is 10.6. The molecule has 2 aromatic rings. The van der Waals surface area contributed by atoms with E-state index in [9.17, 15) is 10.1 Å². The normalized spacial score (nSPS) is 12.2. The molecule has 0 radical (unpaired) electrons. The maximum atomic E-state index is 10.6. The van der Waals surface area contributed by atoms with Gasteiger partial charge in [-0.25, -0.2) is 0 Å². The molecule has 0 aliphatic heterocycles. The van der Waals surface area contributed by atoms with E-state index in [0.29, 0.717) is 6.42 Å². The molecule has 0 saturated heterocycles. The number of nitro groups is 1. The molecule has 104 valence electrons. The summed E-state index contributed by atoms with van der Waals surface area (Å²) < 4.78 is 1.93. The van der Waals surface area contributed by atoms with Crippen molar-refractivity contribution in [1.29, 1.82) is 0 Å². The van der Waals surface area contributed by atoms with Crippen LogP contribution in [0, 0.1) is 10.1 Å². The molecule has 0 aliphatic rings. The highest BCUT2D eigenvalue weighted by Gasteiger charge is 2.12. The summed E-state index contributed by atoms with van der Waals surface area (Å²) >= 11 is 6.89. The Balaban J connectivity index is 2.14. The fourth-order valence-electron chi connectivity index (χ4n) is 1.92. The molecular formula is C14H12Br2N2O2. The van der Waals surface area contributed by atoms with Crippen molar-refractivity contribution < 1.29 is 4.92 Å². The summed E-state index contributed by atoms with van der Waals surface area (Å²) in [5.41, 5.74) is 8.26. The Morgan fingerprint density at radius 1 is 1.15 bits per heavy atom. The van der Waals surface area contributed by atoms with Gasteiger partial charge in [0.15, 0.2) is 0 Å². The van der Waals surface area contributed by atoms with E-state index in [1.165, 1.54) is 12.1 Å². The SMILES string of the molecule is NC(Cc1ccc([N+](=O)[O-])cc1)c1ccc(Br)cc1Br. The summed E-state index contributed by atoms with van der Waals surface area (Å²) in [5, 5.41) is 10.6. The molecule has 20 heavy (non-hydrogen) atoms. The Morgan fingerprint density at radius 3 is 2.35 bits per heavy atom. The third-order valence-electron chi connectivity index (χ3n) is 2.96. The molecule has 4 nitrogen and oxygen atoms in total. The van der Waals surface area contributed by atoms with Gasteiger partial charge in [0.05, 0.1) is 4.92 Å². The number of rotatable bonds is 4. The highest BCUT2D eigenvalue weighted by atomic mass is 79.9. The summed E-state index contributed by atoms with van der Waals surface area (Å²) in [6.07, 6.45) is 0.623. The van der Waals surface area contributed by atoms with E-state index in [1.807, 2.05) is 18.2 Å². The van der Waals surface area contributed by atoms with Crippen LogP contribution >= 0.6 is 31.9 Å². The topological polar surface area (TPSA) is 69.2 Å². The van der Waals surface area contributed by atoms with Crippen LogP contribution < -0.4 is 5.73 Å². The van der Waals surface area contributed by atoms with Crippen molar-refractivity contribution in [2.75, 3.05) is 0 Å². The monoisotopic (exact) mass is 398 g/mol. The third-order valence-corrected chi connectivity index (χ3v) is 4.14. The van der Waals surface area contributed by atoms with Crippen molar-refractivity contribution in [3.8, 4) is 0 Å². The summed E-state index contributed by atoms with van der Waals surface area (Å²) in [5.74, 6) is 0. The lowest BCUT2D eigenvalue weighted by atomic mass is 10.00. The van der Waals surface area contributed by atoms with Crippen molar-refractivity contribution in [3.63, 3.8) is 0 Å². The lowest BCUT2D eigenvalue weighted by Gasteiger charge is -2.14. The first kappa shape index (κ1) is 15.2. The van der Waals surface area contributed by atoms with Gasteiger partial charge in [0.25, 0.3) is 5.69 Å². The largest absolute Gasteiger partial charge is 0.324 e. The minimum absolute atomic E-state index is 0.0899. The predicted molar refractivity (Wildman–Crippen MR) is 85.6 cm³/mol. The number of hydrogen-bond donors (Lipinski definition) is 1. The molecule has 1 atom stereocenters. The summed E-state index contributed by atoms with van der Waals surface area (Å²) in [6, 6.07) is 12.2. The van der Waals surface area contributed by atoms with E-state index in [-0.39, 0.29) is 11.7 Å². The summed E-state index contributed by atoms with van der Waals surface area (Å²) in [6.45, 7) is 0. The smallest absolute Gasteiger partial charge is 0.269 e. The molecule has 0 fully saturated rings.